The molecule has 1 aromatic heterocycles. The number of pyridine rings is 1. The van der Waals surface area contributed by atoms with Crippen LogP contribution in [0.15, 0.2) is 42.6 Å². The number of methoxy groups -OCH3 is 1. The van der Waals surface area contributed by atoms with Crippen molar-refractivity contribution in [2.45, 2.75) is 12.8 Å². The van der Waals surface area contributed by atoms with Crippen molar-refractivity contribution in [3.8, 4) is 11.9 Å². The van der Waals surface area contributed by atoms with Crippen LogP contribution in [0, 0.1) is 11.3 Å². The molecule has 1 heterocycles. The van der Waals surface area contributed by atoms with Gasteiger partial charge in [0.15, 0.2) is 0 Å². The molecule has 1 amide bonds. The van der Waals surface area contributed by atoms with Gasteiger partial charge in [-0.2, -0.15) is 5.26 Å². The Bertz CT molecular complexity index is 643. The third-order valence-corrected chi connectivity index (χ3v) is 2.95. The summed E-state index contributed by atoms with van der Waals surface area (Å²) in [6.07, 6.45) is 2.55. The third kappa shape index (κ3) is 4.32. The van der Waals surface area contributed by atoms with Gasteiger partial charge in [-0.1, -0.05) is 12.1 Å². The van der Waals surface area contributed by atoms with Crippen LogP contribution in [0.1, 0.15) is 17.5 Å². The molecule has 1 N–H and O–H groups in total. The average molecular weight is 281 g/mol. The first-order valence-corrected chi connectivity index (χ1v) is 6.50. The number of rotatable bonds is 5. The Hall–Kier alpha value is -2.87. The van der Waals surface area contributed by atoms with Crippen LogP contribution in [0.5, 0.6) is 5.88 Å². The molecule has 5 heteroatoms. The predicted octanol–water partition coefficient (Wildman–Crippen LogP) is 2.53. The van der Waals surface area contributed by atoms with Gasteiger partial charge in [0, 0.05) is 12.5 Å². The Labute approximate surface area is 123 Å². The van der Waals surface area contributed by atoms with E-state index in [9.17, 15) is 4.79 Å². The highest BCUT2D eigenvalue weighted by atomic mass is 16.5. The maximum Gasteiger partial charge on any atom is 0.224 e. The molecule has 0 aliphatic heterocycles. The fraction of sp³-hybridized carbons (Fsp3) is 0.188. The number of carbonyl (C=O) groups excluding carboxylic acids is 1. The van der Waals surface area contributed by atoms with Crippen molar-refractivity contribution in [1.82, 2.24) is 4.98 Å². The quantitative estimate of drug-likeness (QED) is 0.913. The second-order valence-electron chi connectivity index (χ2n) is 4.45. The summed E-state index contributed by atoms with van der Waals surface area (Å²) in [5, 5.41) is 11.5. The first-order chi connectivity index (χ1) is 10.2. The predicted molar refractivity (Wildman–Crippen MR) is 78.9 cm³/mol. The molecule has 0 fully saturated rings. The normalized spacial score (nSPS) is 9.71. The summed E-state index contributed by atoms with van der Waals surface area (Å²) < 4.78 is 4.95. The standard InChI is InChI=1S/C16H15N3O2/c1-21-16-9-7-14(11-18-16)19-15(20)8-6-12-2-4-13(10-17)5-3-12/h2-5,7,9,11H,6,8H2,1H3,(H,19,20). The van der Waals surface area contributed by atoms with Crippen LogP contribution in [0.3, 0.4) is 0 Å². The van der Waals surface area contributed by atoms with E-state index in [-0.39, 0.29) is 5.91 Å². The number of amides is 1. The van der Waals surface area contributed by atoms with E-state index in [1.807, 2.05) is 12.1 Å². The van der Waals surface area contributed by atoms with Crippen LogP contribution in [-0.4, -0.2) is 18.0 Å². The number of nitriles is 1. The lowest BCUT2D eigenvalue weighted by molar-refractivity contribution is -0.116. The molecule has 2 rings (SSSR count). The molecule has 5 nitrogen and oxygen atoms in total. The Kier molecular flexibility index (Phi) is 4.89. The molecular formula is C16H15N3O2. The molecule has 0 spiro atoms. The maximum absolute atomic E-state index is 11.8. The summed E-state index contributed by atoms with van der Waals surface area (Å²) in [6.45, 7) is 0. The monoisotopic (exact) mass is 281 g/mol. The highest BCUT2D eigenvalue weighted by Gasteiger charge is 2.04. The molecule has 1 aromatic carbocycles. The Balaban J connectivity index is 1.84. The molecule has 106 valence electrons. The highest BCUT2D eigenvalue weighted by Crippen LogP contribution is 2.12. The minimum absolute atomic E-state index is 0.0775. The van der Waals surface area contributed by atoms with Crippen molar-refractivity contribution in [2.24, 2.45) is 0 Å². The summed E-state index contributed by atoms with van der Waals surface area (Å²) in [4.78, 5) is 15.9. The minimum atomic E-state index is -0.0775. The van der Waals surface area contributed by atoms with Gasteiger partial charge in [-0.3, -0.25) is 4.79 Å². The van der Waals surface area contributed by atoms with E-state index in [0.717, 1.165) is 5.56 Å². The average Bonchev–Trinajstić information content (AvgIpc) is 2.54. The number of hydrogen-bond acceptors (Lipinski definition) is 4. The zero-order valence-corrected chi connectivity index (χ0v) is 11.7. The summed E-state index contributed by atoms with van der Waals surface area (Å²) in [5.74, 6) is 0.428. The fourth-order valence-corrected chi connectivity index (χ4v) is 1.80. The lowest BCUT2D eigenvalue weighted by Crippen LogP contribution is -2.12. The summed E-state index contributed by atoms with van der Waals surface area (Å²) >= 11 is 0. The van der Waals surface area contributed by atoms with Crippen LogP contribution >= 0.6 is 0 Å². The van der Waals surface area contributed by atoms with Gasteiger partial charge >= 0.3 is 0 Å². The Morgan fingerprint density at radius 2 is 2.05 bits per heavy atom. The van der Waals surface area contributed by atoms with Gasteiger partial charge < -0.3 is 10.1 Å². The molecule has 0 atom stereocenters. The van der Waals surface area contributed by atoms with Gasteiger partial charge in [-0.15, -0.1) is 0 Å². The number of aryl methyl sites for hydroxylation is 1. The van der Waals surface area contributed by atoms with Crippen molar-refractivity contribution >= 4 is 11.6 Å². The minimum Gasteiger partial charge on any atom is -0.481 e. The lowest BCUT2D eigenvalue weighted by Gasteiger charge is -2.06. The molecule has 0 aliphatic rings. The van der Waals surface area contributed by atoms with Gasteiger partial charge in [0.05, 0.1) is 30.6 Å². The fourth-order valence-electron chi connectivity index (χ4n) is 1.80. The van der Waals surface area contributed by atoms with Gasteiger partial charge in [0.1, 0.15) is 0 Å². The molecule has 0 aliphatic carbocycles. The second kappa shape index (κ2) is 7.06. The molecule has 0 saturated heterocycles. The van der Waals surface area contributed by atoms with Crippen LogP contribution in [-0.2, 0) is 11.2 Å². The summed E-state index contributed by atoms with van der Waals surface area (Å²) in [6, 6.07) is 12.7. The number of anilines is 1. The van der Waals surface area contributed by atoms with Crippen LogP contribution in [0.4, 0.5) is 5.69 Å². The van der Waals surface area contributed by atoms with Gasteiger partial charge in [-0.05, 0) is 30.2 Å². The number of nitrogens with one attached hydrogen (secondary N) is 1. The Morgan fingerprint density at radius 3 is 2.62 bits per heavy atom. The van der Waals surface area contributed by atoms with Crippen molar-refractivity contribution in [1.29, 1.82) is 5.26 Å². The summed E-state index contributed by atoms with van der Waals surface area (Å²) in [5.41, 5.74) is 2.28. The van der Waals surface area contributed by atoms with E-state index < -0.39 is 0 Å². The highest BCUT2D eigenvalue weighted by molar-refractivity contribution is 5.90. The van der Waals surface area contributed by atoms with E-state index in [0.29, 0.717) is 30.0 Å². The molecule has 0 unspecified atom stereocenters. The largest absolute Gasteiger partial charge is 0.481 e. The second-order valence-corrected chi connectivity index (χ2v) is 4.45. The van der Waals surface area contributed by atoms with Gasteiger partial charge in [0.2, 0.25) is 11.8 Å². The topological polar surface area (TPSA) is 75.0 Å². The van der Waals surface area contributed by atoms with Crippen molar-refractivity contribution in [2.75, 3.05) is 12.4 Å². The third-order valence-electron chi connectivity index (χ3n) is 2.95. The van der Waals surface area contributed by atoms with Crippen molar-refractivity contribution < 1.29 is 9.53 Å². The SMILES string of the molecule is COc1ccc(NC(=O)CCc2ccc(C#N)cc2)cn1. The van der Waals surface area contributed by atoms with E-state index >= 15 is 0 Å². The zero-order valence-electron chi connectivity index (χ0n) is 11.7. The van der Waals surface area contributed by atoms with Crippen LogP contribution in [0.25, 0.3) is 0 Å². The first kappa shape index (κ1) is 14.5. The van der Waals surface area contributed by atoms with E-state index in [1.54, 1.807) is 30.5 Å². The van der Waals surface area contributed by atoms with Crippen molar-refractivity contribution in [3.63, 3.8) is 0 Å². The number of ether oxygens (including phenoxy) is 1. The van der Waals surface area contributed by atoms with Gasteiger partial charge in [-0.25, -0.2) is 4.98 Å². The number of nitrogens with zero attached hydrogens (tertiary/aromatic N) is 2. The molecule has 21 heavy (non-hydrogen) atoms. The molecule has 0 bridgehead atoms. The van der Waals surface area contributed by atoms with Crippen molar-refractivity contribution in [3.05, 3.63) is 53.7 Å². The van der Waals surface area contributed by atoms with Gasteiger partial charge in [0.25, 0.3) is 0 Å². The molecule has 0 radical (unpaired) electrons. The number of aromatic nitrogens is 1. The first-order valence-electron chi connectivity index (χ1n) is 6.50. The molecular weight excluding hydrogens is 266 g/mol. The smallest absolute Gasteiger partial charge is 0.224 e. The number of benzene rings is 1. The molecule has 0 saturated carbocycles. The number of hydrogen-bond donors (Lipinski definition) is 1. The van der Waals surface area contributed by atoms with E-state index in [2.05, 4.69) is 16.4 Å². The molecule has 2 aromatic rings. The summed E-state index contributed by atoms with van der Waals surface area (Å²) in [7, 11) is 1.54. The Morgan fingerprint density at radius 1 is 1.29 bits per heavy atom. The van der Waals surface area contributed by atoms with E-state index in [4.69, 9.17) is 10.00 Å². The number of carbonyl (C=O) groups is 1. The van der Waals surface area contributed by atoms with Crippen LogP contribution < -0.4 is 10.1 Å². The van der Waals surface area contributed by atoms with Crippen LogP contribution in [0.2, 0.25) is 0 Å². The zero-order chi connectivity index (χ0) is 15.1. The maximum atomic E-state index is 11.8. The van der Waals surface area contributed by atoms with E-state index in [1.165, 1.54) is 7.11 Å². The lowest BCUT2D eigenvalue weighted by atomic mass is 10.1.